The molecule has 0 N–H and O–H groups in total. The number of benzene rings is 14. The quantitative estimate of drug-likeness (QED) is 0.107. The normalized spacial score (nSPS) is 14.6. The molecule has 3 heteroatoms. The summed E-state index contributed by atoms with van der Waals surface area (Å²) in [5.74, 6) is 0. The van der Waals surface area contributed by atoms with Crippen LogP contribution in [0.5, 0.6) is 0 Å². The standard InChI is InChI=1S/C91H67N3/c1-5-6-44-73-63(4)90(64-32-10-7-11-33-64,81-52-23-20-45-74(73)81)66-36-28-42-71(57-66)92(69-40-26-30-61(2)55-69)84-59-86-88(79-50-18-16-48-77(79)84)89-80-51-19-17-49-78(80)85(60-87(89)94(86)68-38-14-9-15-39-68)93(70-41-27-31-62(3)56-70)72-43-29-37-67(58-72)91(65-34-12-8-13-35-65)82-53-24-21-46-75(82)76-47-22-25-54-83(76)91/h5-60H,1H2,2-4H3/b44-6-. The van der Waals surface area contributed by atoms with E-state index in [1.807, 2.05) is 6.08 Å². The first-order valence-corrected chi connectivity index (χ1v) is 32.7. The van der Waals surface area contributed by atoms with Gasteiger partial charge in [-0.1, -0.05) is 274 Å². The molecule has 0 spiro atoms. The van der Waals surface area contributed by atoms with E-state index in [1.54, 1.807) is 0 Å². The van der Waals surface area contributed by atoms with Crippen LogP contribution in [0.3, 0.4) is 0 Å². The Balaban J connectivity index is 0.942. The minimum atomic E-state index is -0.595. The van der Waals surface area contributed by atoms with Gasteiger partial charge in [-0.25, -0.2) is 0 Å². The molecule has 94 heavy (non-hydrogen) atoms. The smallest absolute Gasteiger partial charge is 0.0714 e. The maximum atomic E-state index is 4.09. The van der Waals surface area contributed by atoms with Crippen LogP contribution in [0.1, 0.15) is 62.6 Å². The summed E-state index contributed by atoms with van der Waals surface area (Å²) in [6.45, 7) is 10.8. The largest absolute Gasteiger partial charge is 0.310 e. The highest BCUT2D eigenvalue weighted by Crippen LogP contribution is 2.59. The third kappa shape index (κ3) is 8.51. The van der Waals surface area contributed by atoms with Crippen LogP contribution in [0, 0.1) is 13.8 Å². The molecule has 0 aliphatic heterocycles. The van der Waals surface area contributed by atoms with Crippen LogP contribution in [0.4, 0.5) is 34.1 Å². The van der Waals surface area contributed by atoms with Gasteiger partial charge < -0.3 is 14.4 Å². The number of aryl methyl sites for hydroxylation is 2. The topological polar surface area (TPSA) is 11.4 Å². The van der Waals surface area contributed by atoms with Gasteiger partial charge in [-0.3, -0.25) is 0 Å². The number of allylic oxidation sites excluding steroid dienone is 5. The van der Waals surface area contributed by atoms with Crippen LogP contribution in [-0.2, 0) is 10.8 Å². The minimum absolute atomic E-state index is 0.589. The monoisotopic (exact) mass is 1200 g/mol. The second kappa shape index (κ2) is 22.6. The van der Waals surface area contributed by atoms with Crippen LogP contribution in [0.15, 0.2) is 352 Å². The molecule has 14 aromatic carbocycles. The van der Waals surface area contributed by atoms with Crippen molar-refractivity contribution in [3.63, 3.8) is 0 Å². The lowest BCUT2D eigenvalue weighted by Gasteiger charge is -2.36. The Morgan fingerprint density at radius 1 is 0.330 bits per heavy atom. The second-order valence-corrected chi connectivity index (χ2v) is 25.3. The van der Waals surface area contributed by atoms with E-state index in [4.69, 9.17) is 0 Å². The van der Waals surface area contributed by atoms with Crippen molar-refractivity contribution >= 4 is 83.0 Å². The van der Waals surface area contributed by atoms with Gasteiger partial charge in [0.1, 0.15) is 0 Å². The number of hydrogen-bond acceptors (Lipinski definition) is 2. The molecule has 1 unspecified atom stereocenters. The first-order chi connectivity index (χ1) is 46.4. The summed E-state index contributed by atoms with van der Waals surface area (Å²) in [6.07, 6.45) is 6.19. The predicted molar refractivity (Wildman–Crippen MR) is 397 cm³/mol. The zero-order valence-corrected chi connectivity index (χ0v) is 52.9. The molecule has 1 heterocycles. The summed E-state index contributed by atoms with van der Waals surface area (Å²) in [7, 11) is 0. The Labute approximate surface area is 550 Å². The maximum absolute atomic E-state index is 4.09. The summed E-state index contributed by atoms with van der Waals surface area (Å²) < 4.78 is 2.54. The highest BCUT2D eigenvalue weighted by Gasteiger charge is 2.47. The zero-order valence-electron chi connectivity index (χ0n) is 52.9. The van der Waals surface area contributed by atoms with E-state index < -0.39 is 10.8 Å². The van der Waals surface area contributed by atoms with Gasteiger partial charge in [0.2, 0.25) is 0 Å². The molecule has 1 atom stereocenters. The van der Waals surface area contributed by atoms with Crippen molar-refractivity contribution in [2.45, 2.75) is 31.6 Å². The highest BCUT2D eigenvalue weighted by atomic mass is 15.2. The van der Waals surface area contributed by atoms with Crippen molar-refractivity contribution in [2.24, 2.45) is 0 Å². The van der Waals surface area contributed by atoms with E-state index in [1.165, 1.54) is 99.5 Å². The average Bonchev–Trinajstić information content (AvgIpc) is 1.52. The van der Waals surface area contributed by atoms with Crippen LogP contribution in [0.25, 0.3) is 65.7 Å². The lowest BCUT2D eigenvalue weighted by molar-refractivity contribution is 0.743. The zero-order chi connectivity index (χ0) is 63.1. The summed E-state index contributed by atoms with van der Waals surface area (Å²) in [6, 6.07) is 120. The number of rotatable bonds is 13. The molecular formula is C91H67N3. The average molecular weight is 1200 g/mol. The molecule has 0 radical (unpaired) electrons. The third-order valence-electron chi connectivity index (χ3n) is 20.2. The van der Waals surface area contributed by atoms with Crippen molar-refractivity contribution in [1.29, 1.82) is 0 Å². The molecule has 15 aromatic rings. The van der Waals surface area contributed by atoms with Crippen LogP contribution < -0.4 is 9.80 Å². The molecule has 446 valence electrons. The van der Waals surface area contributed by atoms with Gasteiger partial charge in [0.25, 0.3) is 0 Å². The van der Waals surface area contributed by atoms with Gasteiger partial charge in [-0.15, -0.1) is 0 Å². The molecule has 0 saturated carbocycles. The lowest BCUT2D eigenvalue weighted by Crippen LogP contribution is -2.29. The first kappa shape index (κ1) is 56.2. The number of aromatic nitrogens is 1. The molecule has 17 rings (SSSR count). The molecule has 0 amide bonds. The van der Waals surface area contributed by atoms with Gasteiger partial charge in [0, 0.05) is 50.0 Å². The van der Waals surface area contributed by atoms with E-state index >= 15 is 0 Å². The number of hydrogen-bond donors (Lipinski definition) is 0. The van der Waals surface area contributed by atoms with Crippen LogP contribution in [0.2, 0.25) is 0 Å². The van der Waals surface area contributed by atoms with E-state index in [0.717, 1.165) is 61.6 Å². The number of anilines is 6. The molecule has 0 fully saturated rings. The fourth-order valence-corrected chi connectivity index (χ4v) is 16.4. The fraction of sp³-hybridized carbons (Fsp3) is 0.0549. The molecule has 3 nitrogen and oxygen atoms in total. The highest BCUT2D eigenvalue weighted by molar-refractivity contribution is 6.32. The molecule has 0 bridgehead atoms. The van der Waals surface area contributed by atoms with Crippen molar-refractivity contribution in [3.8, 4) is 16.8 Å². The van der Waals surface area contributed by atoms with Gasteiger partial charge in [-0.2, -0.15) is 0 Å². The van der Waals surface area contributed by atoms with Crippen molar-refractivity contribution < 1.29 is 0 Å². The number of para-hydroxylation sites is 1. The second-order valence-electron chi connectivity index (χ2n) is 25.3. The Bertz CT molecular complexity index is 5530. The summed E-state index contributed by atoms with van der Waals surface area (Å²) in [5.41, 5.74) is 25.9. The van der Waals surface area contributed by atoms with Crippen molar-refractivity contribution in [3.05, 3.63) is 408 Å². The van der Waals surface area contributed by atoms with Crippen LogP contribution in [-0.4, -0.2) is 4.57 Å². The molecule has 1 aromatic heterocycles. The molecule has 2 aliphatic carbocycles. The van der Waals surface area contributed by atoms with Crippen LogP contribution >= 0.6 is 0 Å². The lowest BCUT2D eigenvalue weighted by atomic mass is 9.67. The summed E-state index contributed by atoms with van der Waals surface area (Å²) in [4.78, 5) is 5.04. The minimum Gasteiger partial charge on any atom is -0.310 e. The Kier molecular flexibility index (Phi) is 13.5. The van der Waals surface area contributed by atoms with Gasteiger partial charge in [-0.05, 0) is 182 Å². The molecule has 2 aliphatic rings. The van der Waals surface area contributed by atoms with E-state index in [9.17, 15) is 0 Å². The Hall–Kier alpha value is -11.8. The van der Waals surface area contributed by atoms with E-state index in [-0.39, 0.29) is 0 Å². The fourth-order valence-electron chi connectivity index (χ4n) is 16.4. The van der Waals surface area contributed by atoms with Crippen molar-refractivity contribution in [1.82, 2.24) is 4.57 Å². The van der Waals surface area contributed by atoms with E-state index in [2.05, 4.69) is 375 Å². The predicted octanol–water partition coefficient (Wildman–Crippen LogP) is 23.9. The SMILES string of the molecule is C=C/C=C\C1=C(C)C(c2ccccc2)(c2cccc(N(c3cccc(C)c3)c3cc4c(c5ccccc35)c3c5ccccc5c(N(c5cccc(C)c5)c5cccc(C6(c7ccccc7)c7ccccc7-c7ccccc76)c5)cc3n4-c3ccccc3)c2)c2ccccc21. The number of fused-ring (bicyclic) bond motifs is 11. The third-order valence-corrected chi connectivity index (χ3v) is 20.2. The Morgan fingerprint density at radius 2 is 0.702 bits per heavy atom. The number of nitrogens with zero attached hydrogens (tertiary/aromatic N) is 3. The summed E-state index contributed by atoms with van der Waals surface area (Å²) in [5, 5.41) is 7.08. The van der Waals surface area contributed by atoms with Crippen molar-refractivity contribution in [2.75, 3.05) is 9.80 Å². The van der Waals surface area contributed by atoms with Gasteiger partial charge >= 0.3 is 0 Å². The van der Waals surface area contributed by atoms with Gasteiger partial charge in [0.15, 0.2) is 0 Å². The van der Waals surface area contributed by atoms with Gasteiger partial charge in [0.05, 0.1) is 33.2 Å². The maximum Gasteiger partial charge on any atom is 0.0714 e. The Morgan fingerprint density at radius 3 is 1.18 bits per heavy atom. The summed E-state index contributed by atoms with van der Waals surface area (Å²) >= 11 is 0. The molecule has 0 saturated heterocycles. The first-order valence-electron chi connectivity index (χ1n) is 32.7. The van der Waals surface area contributed by atoms with E-state index in [0.29, 0.717) is 0 Å². The molecular weight excluding hydrogens is 1140 g/mol.